The number of nitrogens with zero attached hydrogens (tertiary/aromatic N) is 1. The molecule has 0 aliphatic rings. The number of amides is 1. The van der Waals surface area contributed by atoms with Crippen molar-refractivity contribution >= 4 is 43.7 Å². The highest BCUT2D eigenvalue weighted by molar-refractivity contribution is 7.89. The Morgan fingerprint density at radius 2 is 1.92 bits per heavy atom. The van der Waals surface area contributed by atoms with Crippen LogP contribution in [0.25, 0.3) is 11.3 Å². The third kappa shape index (κ3) is 3.79. The van der Waals surface area contributed by atoms with Crippen molar-refractivity contribution in [1.82, 2.24) is 9.71 Å². The Balaban J connectivity index is 1.78. The van der Waals surface area contributed by atoms with Crippen LogP contribution in [-0.4, -0.2) is 26.4 Å². The Morgan fingerprint density at radius 3 is 2.64 bits per heavy atom. The monoisotopic (exact) mass is 393 g/mol. The number of anilines is 1. The fourth-order valence-electron chi connectivity index (χ4n) is 2.17. The summed E-state index contributed by atoms with van der Waals surface area (Å²) in [6.07, 6.45) is 0. The van der Waals surface area contributed by atoms with Gasteiger partial charge in [-0.1, -0.05) is 24.3 Å². The fourth-order valence-corrected chi connectivity index (χ4v) is 4.77. The smallest absolute Gasteiger partial charge is 0.267 e. The zero-order chi connectivity index (χ0) is 18.0. The molecule has 1 amide bonds. The van der Waals surface area contributed by atoms with Gasteiger partial charge in [-0.05, 0) is 25.6 Å². The molecule has 0 fully saturated rings. The molecule has 0 spiro atoms. The van der Waals surface area contributed by atoms with Gasteiger partial charge in [-0.3, -0.25) is 10.1 Å². The average molecular weight is 394 g/mol. The van der Waals surface area contributed by atoms with Crippen molar-refractivity contribution in [3.63, 3.8) is 0 Å². The Morgan fingerprint density at radius 1 is 1.16 bits per heavy atom. The second kappa shape index (κ2) is 7.04. The first-order valence-corrected chi connectivity index (χ1v) is 10.5. The molecule has 9 heteroatoms. The number of sulfonamides is 1. The third-order valence-electron chi connectivity index (χ3n) is 3.52. The van der Waals surface area contributed by atoms with Gasteiger partial charge in [-0.15, -0.1) is 22.7 Å². The van der Waals surface area contributed by atoms with Crippen LogP contribution in [-0.2, 0) is 10.0 Å². The summed E-state index contributed by atoms with van der Waals surface area (Å²) in [5.74, 6) is -0.381. The number of aryl methyl sites for hydroxylation is 1. The highest BCUT2D eigenvalue weighted by Crippen LogP contribution is 2.28. The first-order chi connectivity index (χ1) is 11.9. The van der Waals surface area contributed by atoms with E-state index in [2.05, 4.69) is 15.0 Å². The minimum Gasteiger partial charge on any atom is -0.297 e. The zero-order valence-electron chi connectivity index (χ0n) is 13.4. The number of carbonyl (C=O) groups is 1. The van der Waals surface area contributed by atoms with Crippen molar-refractivity contribution in [2.75, 3.05) is 12.4 Å². The van der Waals surface area contributed by atoms with Gasteiger partial charge in [0, 0.05) is 16.3 Å². The number of rotatable bonds is 5. The predicted octanol–water partition coefficient (Wildman–Crippen LogP) is 3.34. The molecule has 2 aromatic heterocycles. The molecular weight excluding hydrogens is 378 g/mol. The number of hydrogen-bond donors (Lipinski definition) is 2. The largest absolute Gasteiger partial charge is 0.297 e. The Hall–Kier alpha value is -2.07. The van der Waals surface area contributed by atoms with Crippen molar-refractivity contribution in [2.45, 2.75) is 11.8 Å². The number of carbonyl (C=O) groups excluding carboxylic acids is 1. The van der Waals surface area contributed by atoms with Gasteiger partial charge in [0.2, 0.25) is 10.0 Å². The maximum atomic E-state index is 12.3. The van der Waals surface area contributed by atoms with Gasteiger partial charge in [-0.2, -0.15) is 0 Å². The standard InChI is InChI=1S/C16H15N3O3S3/c1-10-5-3-4-6-12(10)13-9-24-16(18-13)19-15(20)14-7-11(8-23-14)25(21,22)17-2/h3-9,17H,1-2H3,(H,18,19,20). The molecule has 130 valence electrons. The SMILES string of the molecule is CNS(=O)(=O)c1csc(C(=O)Nc2nc(-c3ccccc3C)cs2)c1. The quantitative estimate of drug-likeness (QED) is 0.696. The highest BCUT2D eigenvalue weighted by Gasteiger charge is 2.18. The molecule has 2 N–H and O–H groups in total. The van der Waals surface area contributed by atoms with Crippen LogP contribution in [0, 0.1) is 6.92 Å². The molecule has 3 rings (SSSR count). The van der Waals surface area contributed by atoms with Crippen LogP contribution in [0.1, 0.15) is 15.2 Å². The van der Waals surface area contributed by atoms with Crippen molar-refractivity contribution in [2.24, 2.45) is 0 Å². The molecule has 6 nitrogen and oxygen atoms in total. The number of hydrogen-bond acceptors (Lipinski definition) is 6. The maximum Gasteiger partial charge on any atom is 0.267 e. The van der Waals surface area contributed by atoms with Crippen LogP contribution in [0.4, 0.5) is 5.13 Å². The Kier molecular flexibility index (Phi) is 5.00. The molecule has 0 saturated heterocycles. The lowest BCUT2D eigenvalue weighted by atomic mass is 10.1. The molecule has 0 saturated carbocycles. The first kappa shape index (κ1) is 17.7. The van der Waals surface area contributed by atoms with Crippen LogP contribution < -0.4 is 10.0 Å². The third-order valence-corrected chi connectivity index (χ3v) is 6.75. The van der Waals surface area contributed by atoms with E-state index in [-0.39, 0.29) is 10.8 Å². The number of thiophene rings is 1. The van der Waals surface area contributed by atoms with E-state index in [1.807, 2.05) is 36.6 Å². The van der Waals surface area contributed by atoms with Crippen molar-refractivity contribution in [1.29, 1.82) is 0 Å². The fraction of sp³-hybridized carbons (Fsp3) is 0.125. The lowest BCUT2D eigenvalue weighted by Crippen LogP contribution is -2.18. The summed E-state index contributed by atoms with van der Waals surface area (Å²) in [5, 5.41) is 6.49. The molecule has 3 aromatic rings. The zero-order valence-corrected chi connectivity index (χ0v) is 15.9. The van der Waals surface area contributed by atoms with Crippen molar-refractivity contribution in [3.8, 4) is 11.3 Å². The lowest BCUT2D eigenvalue weighted by molar-refractivity contribution is 0.103. The summed E-state index contributed by atoms with van der Waals surface area (Å²) in [6, 6.07) is 9.23. The Labute approximate surface area is 153 Å². The van der Waals surface area contributed by atoms with Gasteiger partial charge < -0.3 is 0 Å². The first-order valence-electron chi connectivity index (χ1n) is 7.25. The van der Waals surface area contributed by atoms with E-state index in [0.29, 0.717) is 10.0 Å². The van der Waals surface area contributed by atoms with E-state index in [0.717, 1.165) is 28.2 Å². The van der Waals surface area contributed by atoms with Crippen LogP contribution in [0.15, 0.2) is 46.0 Å². The molecule has 0 bridgehead atoms. The summed E-state index contributed by atoms with van der Waals surface area (Å²) in [6.45, 7) is 2.00. The Bertz CT molecular complexity index is 1020. The molecule has 0 atom stereocenters. The van der Waals surface area contributed by atoms with Crippen molar-refractivity contribution in [3.05, 3.63) is 51.5 Å². The van der Waals surface area contributed by atoms with Crippen molar-refractivity contribution < 1.29 is 13.2 Å². The molecule has 0 radical (unpaired) electrons. The molecule has 0 aliphatic carbocycles. The van der Waals surface area contributed by atoms with Gasteiger partial charge in [0.05, 0.1) is 15.5 Å². The molecule has 25 heavy (non-hydrogen) atoms. The second-order valence-electron chi connectivity index (χ2n) is 5.16. The van der Waals surface area contributed by atoms with E-state index < -0.39 is 10.0 Å². The summed E-state index contributed by atoms with van der Waals surface area (Å²) in [7, 11) is -2.22. The number of benzene rings is 1. The topological polar surface area (TPSA) is 88.2 Å². The molecular formula is C16H15N3O3S3. The van der Waals surface area contributed by atoms with E-state index >= 15 is 0 Å². The summed E-state index contributed by atoms with van der Waals surface area (Å²) in [5.41, 5.74) is 2.91. The van der Waals surface area contributed by atoms with Gasteiger partial charge in [0.25, 0.3) is 5.91 Å². The van der Waals surface area contributed by atoms with E-state index in [1.54, 1.807) is 0 Å². The van der Waals surface area contributed by atoms with Gasteiger partial charge in [0.15, 0.2) is 5.13 Å². The summed E-state index contributed by atoms with van der Waals surface area (Å²) >= 11 is 2.39. The number of aromatic nitrogens is 1. The maximum absolute atomic E-state index is 12.3. The summed E-state index contributed by atoms with van der Waals surface area (Å²) in [4.78, 5) is 17.1. The van der Waals surface area contributed by atoms with E-state index in [9.17, 15) is 13.2 Å². The molecule has 0 aliphatic heterocycles. The minimum absolute atomic E-state index is 0.0740. The van der Waals surface area contributed by atoms with Crippen LogP contribution in [0.3, 0.4) is 0 Å². The predicted molar refractivity (Wildman–Crippen MR) is 101 cm³/mol. The minimum atomic E-state index is -3.55. The van der Waals surface area contributed by atoms with Gasteiger partial charge in [-0.25, -0.2) is 18.1 Å². The van der Waals surface area contributed by atoms with E-state index in [1.165, 1.54) is 29.8 Å². The normalized spacial score (nSPS) is 11.4. The van der Waals surface area contributed by atoms with Gasteiger partial charge >= 0.3 is 0 Å². The molecule has 1 aromatic carbocycles. The average Bonchev–Trinajstić information content (AvgIpc) is 3.25. The second-order valence-corrected chi connectivity index (χ2v) is 8.82. The van der Waals surface area contributed by atoms with Gasteiger partial charge in [0.1, 0.15) is 0 Å². The highest BCUT2D eigenvalue weighted by atomic mass is 32.2. The summed E-state index contributed by atoms with van der Waals surface area (Å²) < 4.78 is 25.7. The lowest BCUT2D eigenvalue weighted by Gasteiger charge is -2.01. The molecule has 2 heterocycles. The van der Waals surface area contributed by atoms with E-state index in [4.69, 9.17) is 0 Å². The number of thiazole rings is 1. The number of nitrogens with one attached hydrogen (secondary N) is 2. The molecule has 0 unspecified atom stereocenters. The van der Waals surface area contributed by atoms with Crippen LogP contribution >= 0.6 is 22.7 Å². The van der Waals surface area contributed by atoms with Crippen LogP contribution in [0.5, 0.6) is 0 Å². The van der Waals surface area contributed by atoms with Crippen LogP contribution in [0.2, 0.25) is 0 Å².